The number of benzene rings is 1. The Hall–Kier alpha value is -1.72. The van der Waals surface area contributed by atoms with Crippen LogP contribution in [0.2, 0.25) is 0 Å². The van der Waals surface area contributed by atoms with E-state index in [2.05, 4.69) is 4.72 Å². The molecule has 1 aromatic rings. The zero-order chi connectivity index (χ0) is 15.4. The van der Waals surface area contributed by atoms with Gasteiger partial charge in [0, 0.05) is 0 Å². The van der Waals surface area contributed by atoms with Crippen molar-refractivity contribution >= 4 is 10.0 Å². The first-order chi connectivity index (χ1) is 9.16. The molecule has 0 spiro atoms. The summed E-state index contributed by atoms with van der Waals surface area (Å²) in [4.78, 5) is -0.0785. The summed E-state index contributed by atoms with van der Waals surface area (Å²) in [7, 11) is -3.85. The third kappa shape index (κ3) is 4.75. The number of halogens is 2. The van der Waals surface area contributed by atoms with Crippen LogP contribution >= 0.6 is 0 Å². The van der Waals surface area contributed by atoms with E-state index in [0.717, 1.165) is 0 Å². The van der Waals surface area contributed by atoms with E-state index in [-0.39, 0.29) is 10.6 Å². The summed E-state index contributed by atoms with van der Waals surface area (Å²) in [6.45, 7) is 2.08. The minimum atomic E-state index is -3.85. The standard InChI is InChI=1S/C12H14F2N2O3S/c1-12(2,8-15)16-20(17,18)10-5-3-9(4-6-10)19-7-11(13)14/h3-6,11,16H,7H2,1-2H3. The molecule has 0 amide bonds. The van der Waals surface area contributed by atoms with Gasteiger partial charge < -0.3 is 4.74 Å². The minimum Gasteiger partial charge on any atom is -0.488 e. The van der Waals surface area contributed by atoms with E-state index in [0.29, 0.717) is 0 Å². The van der Waals surface area contributed by atoms with Crippen molar-refractivity contribution in [1.82, 2.24) is 4.72 Å². The van der Waals surface area contributed by atoms with E-state index in [9.17, 15) is 17.2 Å². The molecule has 0 saturated heterocycles. The van der Waals surface area contributed by atoms with Gasteiger partial charge >= 0.3 is 0 Å². The van der Waals surface area contributed by atoms with Crippen molar-refractivity contribution in [1.29, 1.82) is 5.26 Å². The largest absolute Gasteiger partial charge is 0.488 e. The molecule has 0 radical (unpaired) electrons. The van der Waals surface area contributed by atoms with Crippen molar-refractivity contribution in [3.05, 3.63) is 24.3 Å². The van der Waals surface area contributed by atoms with Crippen molar-refractivity contribution in [2.24, 2.45) is 0 Å². The number of nitriles is 1. The van der Waals surface area contributed by atoms with Crippen LogP contribution in [0, 0.1) is 11.3 Å². The summed E-state index contributed by atoms with van der Waals surface area (Å²) in [5.41, 5.74) is -1.25. The number of sulfonamides is 1. The molecule has 0 saturated carbocycles. The second-order valence-electron chi connectivity index (χ2n) is 4.52. The second-order valence-corrected chi connectivity index (χ2v) is 6.20. The van der Waals surface area contributed by atoms with Gasteiger partial charge in [0.05, 0.1) is 11.0 Å². The Morgan fingerprint density at radius 2 is 1.90 bits per heavy atom. The molecule has 8 heteroatoms. The number of hydrogen-bond acceptors (Lipinski definition) is 4. The number of hydrogen-bond donors (Lipinski definition) is 1. The van der Waals surface area contributed by atoms with Gasteiger partial charge in [-0.1, -0.05) is 0 Å². The van der Waals surface area contributed by atoms with E-state index in [1.165, 1.54) is 38.1 Å². The van der Waals surface area contributed by atoms with E-state index >= 15 is 0 Å². The molecular weight excluding hydrogens is 290 g/mol. The number of rotatable bonds is 6. The monoisotopic (exact) mass is 304 g/mol. The molecule has 0 unspecified atom stereocenters. The number of alkyl halides is 2. The van der Waals surface area contributed by atoms with Gasteiger partial charge in [0.15, 0.2) is 0 Å². The fourth-order valence-electron chi connectivity index (χ4n) is 1.29. The molecule has 0 fully saturated rings. The molecule has 1 N–H and O–H groups in total. The average molecular weight is 304 g/mol. The van der Waals surface area contributed by atoms with Crippen LogP contribution in [-0.4, -0.2) is 27.0 Å². The van der Waals surface area contributed by atoms with Gasteiger partial charge in [0.25, 0.3) is 6.43 Å². The van der Waals surface area contributed by atoms with Crippen molar-refractivity contribution in [2.75, 3.05) is 6.61 Å². The lowest BCUT2D eigenvalue weighted by molar-refractivity contribution is 0.0819. The molecule has 1 rings (SSSR count). The van der Waals surface area contributed by atoms with Gasteiger partial charge in [-0.05, 0) is 38.1 Å². The molecule has 1 aromatic carbocycles. The molecule has 20 heavy (non-hydrogen) atoms. The van der Waals surface area contributed by atoms with E-state index in [1.54, 1.807) is 0 Å². The first-order valence-corrected chi connectivity index (χ1v) is 7.11. The van der Waals surface area contributed by atoms with Crippen LogP contribution in [-0.2, 0) is 10.0 Å². The summed E-state index contributed by atoms with van der Waals surface area (Å²) in [6, 6.07) is 6.80. The van der Waals surface area contributed by atoms with Gasteiger partial charge in [0.2, 0.25) is 10.0 Å². The molecule has 110 valence electrons. The Kier molecular flexibility index (Phi) is 5.03. The van der Waals surface area contributed by atoms with Crippen LogP contribution in [0.1, 0.15) is 13.8 Å². The fraction of sp³-hybridized carbons (Fsp3) is 0.417. The minimum absolute atomic E-state index is 0.0785. The number of nitrogens with zero attached hydrogens (tertiary/aromatic N) is 1. The maximum Gasteiger partial charge on any atom is 0.272 e. The Balaban J connectivity index is 2.85. The zero-order valence-electron chi connectivity index (χ0n) is 10.9. The van der Waals surface area contributed by atoms with E-state index < -0.39 is 28.6 Å². The summed E-state index contributed by atoms with van der Waals surface area (Å²) in [5, 5.41) is 8.80. The maximum atomic E-state index is 12.0. The highest BCUT2D eigenvalue weighted by molar-refractivity contribution is 7.89. The predicted molar refractivity (Wildman–Crippen MR) is 68.0 cm³/mol. The van der Waals surface area contributed by atoms with Gasteiger partial charge in [0.1, 0.15) is 17.9 Å². The van der Waals surface area contributed by atoms with Crippen LogP contribution in [0.3, 0.4) is 0 Å². The predicted octanol–water partition coefficient (Wildman–Crippen LogP) is 1.91. The lowest BCUT2D eigenvalue weighted by Gasteiger charge is -2.17. The molecular formula is C12H14F2N2O3S. The smallest absolute Gasteiger partial charge is 0.272 e. The molecule has 0 bridgehead atoms. The molecule has 0 aromatic heterocycles. The van der Waals surface area contributed by atoms with E-state index in [4.69, 9.17) is 10.00 Å². The summed E-state index contributed by atoms with van der Waals surface area (Å²) >= 11 is 0. The van der Waals surface area contributed by atoms with Gasteiger partial charge in [-0.15, -0.1) is 0 Å². The van der Waals surface area contributed by atoms with Crippen LogP contribution in [0.5, 0.6) is 5.75 Å². The molecule has 0 heterocycles. The topological polar surface area (TPSA) is 79.2 Å². The lowest BCUT2D eigenvalue weighted by atomic mass is 10.1. The second kappa shape index (κ2) is 6.15. The van der Waals surface area contributed by atoms with Crippen molar-refractivity contribution in [3.63, 3.8) is 0 Å². The van der Waals surface area contributed by atoms with Gasteiger partial charge in [-0.25, -0.2) is 17.2 Å². The molecule has 0 atom stereocenters. The first-order valence-electron chi connectivity index (χ1n) is 5.62. The van der Waals surface area contributed by atoms with Crippen LogP contribution in [0.25, 0.3) is 0 Å². The van der Waals surface area contributed by atoms with Gasteiger partial charge in [-0.2, -0.15) is 9.98 Å². The van der Waals surface area contributed by atoms with Crippen LogP contribution < -0.4 is 9.46 Å². The lowest BCUT2D eigenvalue weighted by Crippen LogP contribution is -2.41. The molecule has 0 aliphatic heterocycles. The Labute approximate surface area is 116 Å². The summed E-state index contributed by atoms with van der Waals surface area (Å²) < 4.78 is 54.8. The molecule has 0 aliphatic rings. The number of nitrogens with one attached hydrogen (secondary N) is 1. The normalized spacial score (nSPS) is 12.2. The van der Waals surface area contributed by atoms with Crippen molar-refractivity contribution < 1.29 is 21.9 Å². The highest BCUT2D eigenvalue weighted by Gasteiger charge is 2.25. The highest BCUT2D eigenvalue weighted by atomic mass is 32.2. The maximum absolute atomic E-state index is 12.0. The Morgan fingerprint density at radius 3 is 2.35 bits per heavy atom. The third-order valence-electron chi connectivity index (χ3n) is 2.18. The Morgan fingerprint density at radius 1 is 1.35 bits per heavy atom. The van der Waals surface area contributed by atoms with Crippen LogP contribution in [0.15, 0.2) is 29.2 Å². The Bertz CT molecular complexity index is 592. The van der Waals surface area contributed by atoms with Crippen molar-refractivity contribution in [3.8, 4) is 11.8 Å². The van der Waals surface area contributed by atoms with E-state index in [1.807, 2.05) is 6.07 Å². The molecule has 0 aliphatic carbocycles. The zero-order valence-corrected chi connectivity index (χ0v) is 11.7. The molecule has 5 nitrogen and oxygen atoms in total. The third-order valence-corrected chi connectivity index (χ3v) is 3.85. The van der Waals surface area contributed by atoms with Crippen molar-refractivity contribution in [2.45, 2.75) is 30.7 Å². The SMILES string of the molecule is CC(C)(C#N)NS(=O)(=O)c1ccc(OCC(F)F)cc1. The first kappa shape index (κ1) is 16.3. The quantitative estimate of drug-likeness (QED) is 0.870. The summed E-state index contributed by atoms with van der Waals surface area (Å²) in [6.07, 6.45) is -2.60. The van der Waals surface area contributed by atoms with Gasteiger partial charge in [-0.3, -0.25) is 0 Å². The average Bonchev–Trinajstić information content (AvgIpc) is 2.35. The number of ether oxygens (including phenoxy) is 1. The summed E-state index contributed by atoms with van der Waals surface area (Å²) in [5.74, 6) is 0.142. The van der Waals surface area contributed by atoms with Crippen LogP contribution in [0.4, 0.5) is 8.78 Å². The highest BCUT2D eigenvalue weighted by Crippen LogP contribution is 2.18. The fourth-order valence-corrected chi connectivity index (χ4v) is 2.62.